The standard InChI is InChI=1S/C18H28N2O6/c1-17(2,3)25-15(22)13-11(24-7)9-8-10-12(14(21)20(10)13)19-16(23)26-18(4,5)6/h10,12H,8-9H2,1-7H3,(H,19,23). The normalized spacial score (nSPS) is 23.0. The quantitative estimate of drug-likeness (QED) is 0.605. The van der Waals surface area contributed by atoms with E-state index in [9.17, 15) is 14.4 Å². The maximum atomic E-state index is 12.6. The minimum Gasteiger partial charge on any atom is -0.499 e. The molecule has 26 heavy (non-hydrogen) atoms. The maximum Gasteiger partial charge on any atom is 0.408 e. The van der Waals surface area contributed by atoms with Gasteiger partial charge in [0.2, 0.25) is 0 Å². The Labute approximate surface area is 153 Å². The zero-order chi connectivity index (χ0) is 19.9. The van der Waals surface area contributed by atoms with Gasteiger partial charge in [0.15, 0.2) is 5.70 Å². The second kappa shape index (κ2) is 6.81. The van der Waals surface area contributed by atoms with Crippen molar-refractivity contribution in [3.05, 3.63) is 11.5 Å². The highest BCUT2D eigenvalue weighted by molar-refractivity contribution is 6.01. The van der Waals surface area contributed by atoms with Gasteiger partial charge >= 0.3 is 12.1 Å². The zero-order valence-corrected chi connectivity index (χ0v) is 16.5. The number of esters is 1. The number of nitrogens with one attached hydrogen (secondary N) is 1. The van der Waals surface area contributed by atoms with Crippen molar-refractivity contribution in [2.24, 2.45) is 0 Å². The summed E-state index contributed by atoms with van der Waals surface area (Å²) in [5.41, 5.74) is -1.24. The van der Waals surface area contributed by atoms with Crippen LogP contribution < -0.4 is 5.32 Å². The molecule has 8 nitrogen and oxygen atoms in total. The largest absolute Gasteiger partial charge is 0.499 e. The van der Waals surface area contributed by atoms with Crippen LogP contribution in [-0.2, 0) is 23.8 Å². The number of hydrogen-bond acceptors (Lipinski definition) is 6. The molecule has 0 aromatic rings. The summed E-state index contributed by atoms with van der Waals surface area (Å²) in [5.74, 6) is -0.571. The van der Waals surface area contributed by atoms with E-state index in [2.05, 4.69) is 5.32 Å². The number of amides is 2. The summed E-state index contributed by atoms with van der Waals surface area (Å²) in [5, 5.41) is 2.59. The van der Waals surface area contributed by atoms with E-state index in [-0.39, 0.29) is 17.6 Å². The minimum absolute atomic E-state index is 0.117. The molecule has 8 heteroatoms. The van der Waals surface area contributed by atoms with Crippen LogP contribution in [-0.4, -0.2) is 53.3 Å². The van der Waals surface area contributed by atoms with Gasteiger partial charge < -0.3 is 19.5 Å². The Kier molecular flexibility index (Phi) is 5.26. The first-order valence-corrected chi connectivity index (χ1v) is 8.67. The Morgan fingerprint density at radius 2 is 1.65 bits per heavy atom. The Bertz CT molecular complexity index is 641. The summed E-state index contributed by atoms with van der Waals surface area (Å²) < 4.78 is 15.9. The van der Waals surface area contributed by atoms with Crippen molar-refractivity contribution in [1.82, 2.24) is 10.2 Å². The van der Waals surface area contributed by atoms with Gasteiger partial charge in [-0.05, 0) is 48.0 Å². The van der Waals surface area contributed by atoms with Crippen LogP contribution in [0.1, 0.15) is 54.4 Å². The highest BCUT2D eigenvalue weighted by Gasteiger charge is 2.54. The van der Waals surface area contributed by atoms with Crippen LogP contribution in [0.2, 0.25) is 0 Å². The number of ether oxygens (including phenoxy) is 3. The third-order valence-electron chi connectivity index (χ3n) is 3.90. The van der Waals surface area contributed by atoms with E-state index in [0.717, 1.165) is 0 Å². The van der Waals surface area contributed by atoms with E-state index in [1.54, 1.807) is 41.5 Å². The first-order chi connectivity index (χ1) is 11.8. The Morgan fingerprint density at radius 3 is 2.15 bits per heavy atom. The highest BCUT2D eigenvalue weighted by atomic mass is 16.6. The smallest absolute Gasteiger partial charge is 0.408 e. The molecule has 0 aromatic carbocycles. The van der Waals surface area contributed by atoms with E-state index < -0.39 is 29.3 Å². The van der Waals surface area contributed by atoms with Crippen molar-refractivity contribution in [3.8, 4) is 0 Å². The lowest BCUT2D eigenvalue weighted by atomic mass is 9.86. The van der Waals surface area contributed by atoms with Gasteiger partial charge in [0.25, 0.3) is 5.91 Å². The molecule has 0 spiro atoms. The van der Waals surface area contributed by atoms with Crippen molar-refractivity contribution < 1.29 is 28.6 Å². The monoisotopic (exact) mass is 368 g/mol. The van der Waals surface area contributed by atoms with Crippen molar-refractivity contribution in [2.45, 2.75) is 77.7 Å². The molecule has 2 amide bonds. The van der Waals surface area contributed by atoms with Gasteiger partial charge in [-0.1, -0.05) is 0 Å². The maximum absolute atomic E-state index is 12.6. The molecule has 2 atom stereocenters. The number of alkyl carbamates (subject to hydrolysis) is 1. The topological polar surface area (TPSA) is 94.2 Å². The Balaban J connectivity index is 2.16. The van der Waals surface area contributed by atoms with Crippen LogP contribution >= 0.6 is 0 Å². The minimum atomic E-state index is -0.722. The summed E-state index contributed by atoms with van der Waals surface area (Å²) in [7, 11) is 1.46. The first kappa shape index (κ1) is 20.1. The molecule has 2 aliphatic heterocycles. The average Bonchev–Trinajstić information content (AvgIpc) is 2.47. The van der Waals surface area contributed by atoms with E-state index in [1.807, 2.05) is 0 Å². The number of fused-ring (bicyclic) bond motifs is 1. The Morgan fingerprint density at radius 1 is 1.08 bits per heavy atom. The molecule has 0 aromatic heterocycles. The number of hydrogen-bond donors (Lipinski definition) is 1. The molecule has 2 heterocycles. The fourth-order valence-electron chi connectivity index (χ4n) is 2.98. The summed E-state index contributed by atoms with van der Waals surface area (Å²) in [6.07, 6.45) is 0.393. The lowest BCUT2D eigenvalue weighted by Crippen LogP contribution is -2.72. The summed E-state index contributed by atoms with van der Waals surface area (Å²) in [6, 6.07) is -1.04. The molecule has 1 N–H and O–H groups in total. The second-order valence-electron chi connectivity index (χ2n) is 8.42. The summed E-state index contributed by atoms with van der Waals surface area (Å²) in [6.45, 7) is 10.5. The average molecular weight is 368 g/mol. The number of rotatable bonds is 3. The van der Waals surface area contributed by atoms with E-state index in [4.69, 9.17) is 14.2 Å². The molecule has 2 unspecified atom stereocenters. The lowest BCUT2D eigenvalue weighted by Gasteiger charge is -2.50. The molecular weight excluding hydrogens is 340 g/mol. The van der Waals surface area contributed by atoms with Gasteiger partial charge in [-0.25, -0.2) is 9.59 Å². The van der Waals surface area contributed by atoms with Gasteiger partial charge in [-0.15, -0.1) is 0 Å². The first-order valence-electron chi connectivity index (χ1n) is 8.67. The zero-order valence-electron chi connectivity index (χ0n) is 16.5. The van der Waals surface area contributed by atoms with Crippen LogP contribution in [0.15, 0.2) is 11.5 Å². The SMILES string of the molecule is COC1=C(C(=O)OC(C)(C)C)N2C(=O)C(NC(=O)OC(C)(C)C)C2CC1. The fourth-order valence-corrected chi connectivity index (χ4v) is 2.98. The lowest BCUT2D eigenvalue weighted by molar-refractivity contribution is -0.162. The molecule has 146 valence electrons. The summed E-state index contributed by atoms with van der Waals surface area (Å²) >= 11 is 0. The molecule has 0 bridgehead atoms. The number of carbonyl (C=O) groups is 3. The predicted molar refractivity (Wildman–Crippen MR) is 92.9 cm³/mol. The van der Waals surface area contributed by atoms with Crippen molar-refractivity contribution in [1.29, 1.82) is 0 Å². The molecule has 1 saturated heterocycles. The van der Waals surface area contributed by atoms with Gasteiger partial charge in [-0.2, -0.15) is 0 Å². The summed E-state index contributed by atoms with van der Waals surface area (Å²) in [4.78, 5) is 38.5. The van der Waals surface area contributed by atoms with Crippen molar-refractivity contribution in [3.63, 3.8) is 0 Å². The number of carbonyl (C=O) groups excluding carboxylic acids is 3. The van der Waals surface area contributed by atoms with E-state index >= 15 is 0 Å². The van der Waals surface area contributed by atoms with E-state index in [0.29, 0.717) is 18.6 Å². The molecule has 0 radical (unpaired) electrons. The highest BCUT2D eigenvalue weighted by Crippen LogP contribution is 2.38. The molecule has 1 fully saturated rings. The Hall–Kier alpha value is -2.25. The molecular formula is C18H28N2O6. The van der Waals surface area contributed by atoms with Crippen molar-refractivity contribution >= 4 is 18.0 Å². The van der Waals surface area contributed by atoms with Crippen LogP contribution in [0.3, 0.4) is 0 Å². The van der Waals surface area contributed by atoms with E-state index in [1.165, 1.54) is 12.0 Å². The fraction of sp³-hybridized carbons (Fsp3) is 0.722. The number of β-lactam (4-membered cyclic amide) rings is 1. The van der Waals surface area contributed by atoms with Gasteiger partial charge in [0.1, 0.15) is 23.0 Å². The van der Waals surface area contributed by atoms with Crippen LogP contribution in [0.5, 0.6) is 0 Å². The van der Waals surface area contributed by atoms with Gasteiger partial charge in [0.05, 0.1) is 13.2 Å². The molecule has 0 aliphatic carbocycles. The number of methoxy groups -OCH3 is 1. The molecule has 2 rings (SSSR count). The third-order valence-corrected chi connectivity index (χ3v) is 3.90. The number of nitrogens with zero attached hydrogens (tertiary/aromatic N) is 1. The van der Waals surface area contributed by atoms with Crippen LogP contribution in [0.4, 0.5) is 4.79 Å². The number of allylic oxidation sites excluding steroid dienone is 1. The molecule has 0 saturated carbocycles. The third kappa shape index (κ3) is 4.28. The van der Waals surface area contributed by atoms with Crippen LogP contribution in [0, 0.1) is 0 Å². The second-order valence-corrected chi connectivity index (χ2v) is 8.42. The van der Waals surface area contributed by atoms with Crippen LogP contribution in [0.25, 0.3) is 0 Å². The van der Waals surface area contributed by atoms with Crippen molar-refractivity contribution in [2.75, 3.05) is 7.11 Å². The van der Waals surface area contributed by atoms with Gasteiger partial charge in [-0.3, -0.25) is 9.69 Å². The molecule has 2 aliphatic rings. The van der Waals surface area contributed by atoms with Gasteiger partial charge in [0, 0.05) is 6.42 Å². The predicted octanol–water partition coefficient (Wildman–Crippen LogP) is 2.08.